The molecule has 130 valence electrons. The van der Waals surface area contributed by atoms with E-state index in [1.165, 1.54) is 9.13 Å². The number of imidazole rings is 1. The van der Waals surface area contributed by atoms with Gasteiger partial charge < -0.3 is 9.88 Å². The zero-order valence-electron chi connectivity index (χ0n) is 13.6. The zero-order valence-corrected chi connectivity index (χ0v) is 17.3. The molecular weight excluding hydrogens is 468 g/mol. The normalized spacial score (nSPS) is 15.8. The van der Waals surface area contributed by atoms with Gasteiger partial charge in [-0.3, -0.25) is 0 Å². The van der Waals surface area contributed by atoms with Gasteiger partial charge in [-0.1, -0.05) is 35.3 Å². The van der Waals surface area contributed by atoms with Crippen LogP contribution in [0.3, 0.4) is 0 Å². The first-order valence-corrected chi connectivity index (χ1v) is 10.3. The number of piperidine rings is 1. The van der Waals surface area contributed by atoms with E-state index < -0.39 is 0 Å². The van der Waals surface area contributed by atoms with Crippen LogP contribution in [0.2, 0.25) is 10.0 Å². The minimum absolute atomic E-state index is 0.467. The Hall–Kier alpha value is -0.820. The Kier molecular flexibility index (Phi) is 5.23. The summed E-state index contributed by atoms with van der Waals surface area (Å²) in [6.07, 6.45) is 2.22. The Morgan fingerprint density at radius 3 is 2.64 bits per heavy atom. The van der Waals surface area contributed by atoms with E-state index in [9.17, 15) is 0 Å². The van der Waals surface area contributed by atoms with E-state index in [1.807, 2.05) is 12.1 Å². The Morgan fingerprint density at radius 1 is 1.12 bits per heavy atom. The van der Waals surface area contributed by atoms with Gasteiger partial charge >= 0.3 is 0 Å². The second kappa shape index (κ2) is 7.43. The number of nitrogens with one attached hydrogen (secondary N) is 1. The second-order valence-electron chi connectivity index (χ2n) is 6.47. The number of hydrogen-bond acceptors (Lipinski definition) is 2. The van der Waals surface area contributed by atoms with Crippen LogP contribution in [0.25, 0.3) is 11.0 Å². The van der Waals surface area contributed by atoms with Gasteiger partial charge in [0, 0.05) is 16.0 Å². The number of hydrogen-bond donors (Lipinski definition) is 1. The molecule has 0 spiro atoms. The maximum absolute atomic E-state index is 6.30. The molecule has 0 aliphatic carbocycles. The van der Waals surface area contributed by atoms with Crippen molar-refractivity contribution in [3.05, 3.63) is 61.4 Å². The van der Waals surface area contributed by atoms with Gasteiger partial charge in [0.15, 0.2) is 0 Å². The lowest BCUT2D eigenvalue weighted by Crippen LogP contribution is -2.28. The van der Waals surface area contributed by atoms with Crippen LogP contribution in [0.5, 0.6) is 0 Å². The van der Waals surface area contributed by atoms with Crippen molar-refractivity contribution in [3.8, 4) is 0 Å². The number of nitrogens with zero attached hydrogens (tertiary/aromatic N) is 2. The van der Waals surface area contributed by atoms with Crippen molar-refractivity contribution >= 4 is 56.8 Å². The molecule has 0 bridgehead atoms. The topological polar surface area (TPSA) is 29.9 Å². The number of aromatic nitrogens is 2. The zero-order chi connectivity index (χ0) is 17.4. The number of rotatable bonds is 3. The van der Waals surface area contributed by atoms with Gasteiger partial charge in [-0.25, -0.2) is 4.98 Å². The summed E-state index contributed by atoms with van der Waals surface area (Å²) in [7, 11) is 0. The Morgan fingerprint density at radius 2 is 1.88 bits per heavy atom. The van der Waals surface area contributed by atoms with Crippen molar-refractivity contribution in [2.45, 2.75) is 25.3 Å². The smallest absolute Gasteiger partial charge is 0.113 e. The molecule has 0 amide bonds. The summed E-state index contributed by atoms with van der Waals surface area (Å²) in [5.74, 6) is 1.61. The molecule has 1 aliphatic rings. The standard InChI is InChI=1S/C19H18Cl2IN3/c20-15-9-17-18(10-16(15)21)25(11-12-2-1-3-14(22)8-12)19(24-17)13-4-6-23-7-5-13/h1-3,8-10,13,23H,4-7,11H2. The molecule has 3 aromatic rings. The summed E-state index contributed by atoms with van der Waals surface area (Å²) in [4.78, 5) is 4.95. The average molecular weight is 486 g/mol. The Labute approximate surface area is 170 Å². The van der Waals surface area contributed by atoms with Crippen LogP contribution < -0.4 is 5.32 Å². The first-order chi connectivity index (χ1) is 12.1. The third-order valence-corrected chi connectivity index (χ3v) is 6.15. The quantitative estimate of drug-likeness (QED) is 0.499. The van der Waals surface area contributed by atoms with Gasteiger partial charge in [-0.15, -0.1) is 0 Å². The van der Waals surface area contributed by atoms with E-state index in [2.05, 4.69) is 56.7 Å². The molecule has 2 heterocycles. The highest BCUT2D eigenvalue weighted by Crippen LogP contribution is 2.33. The largest absolute Gasteiger partial charge is 0.323 e. The first-order valence-electron chi connectivity index (χ1n) is 8.42. The molecule has 2 aromatic carbocycles. The fraction of sp³-hybridized carbons (Fsp3) is 0.316. The van der Waals surface area contributed by atoms with Crippen LogP contribution in [0.1, 0.15) is 30.1 Å². The summed E-state index contributed by atoms with van der Waals surface area (Å²) < 4.78 is 3.56. The van der Waals surface area contributed by atoms with E-state index in [4.69, 9.17) is 28.2 Å². The molecule has 4 rings (SSSR count). The number of fused-ring (bicyclic) bond motifs is 1. The fourth-order valence-corrected chi connectivity index (χ4v) is 4.44. The Balaban J connectivity index is 1.84. The van der Waals surface area contributed by atoms with E-state index >= 15 is 0 Å². The third kappa shape index (κ3) is 3.68. The lowest BCUT2D eigenvalue weighted by Gasteiger charge is -2.23. The molecule has 1 saturated heterocycles. The maximum atomic E-state index is 6.30. The van der Waals surface area contributed by atoms with Crippen molar-refractivity contribution < 1.29 is 0 Å². The highest BCUT2D eigenvalue weighted by Gasteiger charge is 2.23. The predicted molar refractivity (Wildman–Crippen MR) is 113 cm³/mol. The van der Waals surface area contributed by atoms with E-state index in [0.717, 1.165) is 49.3 Å². The summed E-state index contributed by atoms with van der Waals surface area (Å²) in [6, 6.07) is 12.4. The van der Waals surface area contributed by atoms with Crippen LogP contribution in [-0.4, -0.2) is 22.6 Å². The van der Waals surface area contributed by atoms with Crippen LogP contribution in [-0.2, 0) is 6.54 Å². The summed E-state index contributed by atoms with van der Waals surface area (Å²) >= 11 is 14.9. The molecule has 1 aliphatic heterocycles. The fourth-order valence-electron chi connectivity index (χ4n) is 3.51. The van der Waals surface area contributed by atoms with Gasteiger partial charge in [0.2, 0.25) is 0 Å². The van der Waals surface area contributed by atoms with Gasteiger partial charge in [-0.05, 0) is 78.4 Å². The van der Waals surface area contributed by atoms with E-state index in [-0.39, 0.29) is 0 Å². The van der Waals surface area contributed by atoms with Crippen molar-refractivity contribution in [2.75, 3.05) is 13.1 Å². The van der Waals surface area contributed by atoms with Crippen LogP contribution in [0.15, 0.2) is 36.4 Å². The number of halogens is 3. The summed E-state index contributed by atoms with van der Waals surface area (Å²) in [5, 5.41) is 4.57. The molecule has 1 N–H and O–H groups in total. The number of benzene rings is 2. The predicted octanol–water partition coefficient (Wildman–Crippen LogP) is 5.46. The van der Waals surface area contributed by atoms with Crippen molar-refractivity contribution in [1.82, 2.24) is 14.9 Å². The van der Waals surface area contributed by atoms with Crippen LogP contribution >= 0.6 is 45.8 Å². The molecule has 3 nitrogen and oxygen atoms in total. The van der Waals surface area contributed by atoms with E-state index in [1.54, 1.807) is 0 Å². The van der Waals surface area contributed by atoms with Crippen LogP contribution in [0, 0.1) is 3.57 Å². The van der Waals surface area contributed by atoms with Gasteiger partial charge in [0.05, 0.1) is 21.1 Å². The average Bonchev–Trinajstić information content (AvgIpc) is 2.94. The van der Waals surface area contributed by atoms with Crippen molar-refractivity contribution in [2.24, 2.45) is 0 Å². The monoisotopic (exact) mass is 485 g/mol. The van der Waals surface area contributed by atoms with E-state index in [0.29, 0.717) is 16.0 Å². The molecule has 0 unspecified atom stereocenters. The highest BCUT2D eigenvalue weighted by atomic mass is 127. The first kappa shape index (κ1) is 17.6. The molecule has 25 heavy (non-hydrogen) atoms. The molecular formula is C19H18Cl2IN3. The molecule has 1 fully saturated rings. The lowest BCUT2D eigenvalue weighted by atomic mass is 9.97. The molecule has 0 radical (unpaired) electrons. The Bertz CT molecular complexity index is 916. The van der Waals surface area contributed by atoms with Gasteiger partial charge in [-0.2, -0.15) is 0 Å². The minimum atomic E-state index is 0.467. The maximum Gasteiger partial charge on any atom is 0.113 e. The lowest BCUT2D eigenvalue weighted by molar-refractivity contribution is 0.435. The molecule has 0 saturated carbocycles. The molecule has 1 aromatic heterocycles. The third-order valence-electron chi connectivity index (χ3n) is 4.75. The summed E-state index contributed by atoms with van der Waals surface area (Å²) in [6.45, 7) is 2.88. The van der Waals surface area contributed by atoms with Crippen LogP contribution in [0.4, 0.5) is 0 Å². The van der Waals surface area contributed by atoms with Crippen molar-refractivity contribution in [3.63, 3.8) is 0 Å². The molecule has 6 heteroatoms. The van der Waals surface area contributed by atoms with Gasteiger partial charge in [0.25, 0.3) is 0 Å². The van der Waals surface area contributed by atoms with Crippen molar-refractivity contribution in [1.29, 1.82) is 0 Å². The van der Waals surface area contributed by atoms with Gasteiger partial charge in [0.1, 0.15) is 5.82 Å². The minimum Gasteiger partial charge on any atom is -0.323 e. The highest BCUT2D eigenvalue weighted by molar-refractivity contribution is 14.1. The second-order valence-corrected chi connectivity index (χ2v) is 8.53. The molecule has 0 atom stereocenters. The SMILES string of the molecule is Clc1cc2nc(C3CCNCC3)n(Cc3cccc(I)c3)c2cc1Cl. The summed E-state index contributed by atoms with van der Waals surface area (Å²) in [5.41, 5.74) is 3.25.